The highest BCUT2D eigenvalue weighted by molar-refractivity contribution is 6.33. The summed E-state index contributed by atoms with van der Waals surface area (Å²) in [5, 5.41) is 2.68. The van der Waals surface area contributed by atoms with Gasteiger partial charge in [0.2, 0.25) is 0 Å². The van der Waals surface area contributed by atoms with Crippen molar-refractivity contribution in [2.45, 2.75) is 25.9 Å². The average Bonchev–Trinajstić information content (AvgIpc) is 1.99. The number of alkyl carbamates (subject to hydrolysis) is 1. The lowest BCUT2D eigenvalue weighted by Gasteiger charge is -2.03. The zero-order chi connectivity index (χ0) is 8.53. The van der Waals surface area contributed by atoms with E-state index in [9.17, 15) is 4.79 Å². The van der Waals surface area contributed by atoms with Crippen LogP contribution in [0.15, 0.2) is 0 Å². The Bertz CT molecular complexity index is 109. The van der Waals surface area contributed by atoms with Crippen molar-refractivity contribution >= 4 is 15.6 Å². The number of rotatable bonds is 5. The predicted molar refractivity (Wildman–Crippen MR) is 48.9 cm³/mol. The van der Waals surface area contributed by atoms with Gasteiger partial charge in [0, 0.05) is 16.1 Å². The molecule has 66 valence electrons. The molecule has 0 aromatic carbocycles. The minimum atomic E-state index is -0.287. The maximum atomic E-state index is 10.7. The molecule has 0 spiro atoms. The normalized spacial score (nSPS) is 10.4. The lowest BCUT2D eigenvalue weighted by molar-refractivity contribution is 0.152. The van der Waals surface area contributed by atoms with Gasteiger partial charge in [-0.2, -0.15) is 0 Å². The number of nitrogens with one attached hydrogen (secondary N) is 1. The van der Waals surface area contributed by atoms with Crippen LogP contribution in [0.25, 0.3) is 0 Å². The van der Waals surface area contributed by atoms with Crippen LogP contribution >= 0.6 is 0 Å². The maximum Gasteiger partial charge on any atom is 0.407 e. The van der Waals surface area contributed by atoms with Gasteiger partial charge in [0.1, 0.15) is 0 Å². The van der Waals surface area contributed by atoms with Crippen LogP contribution in [-0.2, 0) is 4.74 Å². The summed E-state index contributed by atoms with van der Waals surface area (Å²) < 4.78 is 4.68. The summed E-state index contributed by atoms with van der Waals surface area (Å²) >= 11 is 0. The molecule has 0 saturated carbocycles. The highest BCUT2D eigenvalue weighted by atomic mass is 28.2. The quantitative estimate of drug-likeness (QED) is 0.495. The fourth-order valence-electron chi connectivity index (χ4n) is 0.748. The van der Waals surface area contributed by atoms with Crippen LogP contribution in [0.3, 0.4) is 0 Å². The van der Waals surface area contributed by atoms with Gasteiger partial charge in [-0.15, -0.1) is 0 Å². The van der Waals surface area contributed by atoms with E-state index < -0.39 is 0 Å². The minimum Gasteiger partial charge on any atom is -0.450 e. The molecule has 0 saturated heterocycles. The van der Waals surface area contributed by atoms with Gasteiger partial charge in [0.05, 0.1) is 6.61 Å². The summed E-state index contributed by atoms with van der Waals surface area (Å²) in [6.07, 6.45) is 0.812. The zero-order valence-corrected chi connectivity index (χ0v) is 8.77. The Kier molecular flexibility index (Phi) is 7.24. The van der Waals surface area contributed by atoms with E-state index in [0.717, 1.165) is 13.0 Å². The Balaban J connectivity index is 3.04. The van der Waals surface area contributed by atoms with Crippen LogP contribution in [0.1, 0.15) is 13.3 Å². The van der Waals surface area contributed by atoms with Crippen LogP contribution in [0, 0.1) is 0 Å². The molecule has 1 amide bonds. The van der Waals surface area contributed by atoms with Crippen LogP contribution in [-0.4, -0.2) is 28.8 Å². The number of carbonyl (C=O) groups excluding carboxylic acids is 1. The maximum absolute atomic E-state index is 10.7. The molecular formula is C7H17NO2Si. The number of carbonyl (C=O) groups is 1. The van der Waals surface area contributed by atoms with Crippen molar-refractivity contribution in [2.24, 2.45) is 0 Å². The third kappa shape index (κ3) is 7.38. The largest absolute Gasteiger partial charge is 0.450 e. The smallest absolute Gasteiger partial charge is 0.407 e. The van der Waals surface area contributed by atoms with E-state index >= 15 is 0 Å². The van der Waals surface area contributed by atoms with Crippen molar-refractivity contribution in [3.63, 3.8) is 0 Å². The Hall–Kier alpha value is -0.513. The van der Waals surface area contributed by atoms with Crippen LogP contribution in [0.5, 0.6) is 0 Å². The number of hydrogen-bond donors (Lipinski definition) is 1. The van der Waals surface area contributed by atoms with Crippen LogP contribution in [0.2, 0.25) is 12.6 Å². The molecule has 0 aliphatic rings. The number of ether oxygens (including phenoxy) is 1. The average molecular weight is 175 g/mol. The van der Waals surface area contributed by atoms with E-state index in [4.69, 9.17) is 0 Å². The standard InChI is InChI=1S/C7H17NO2Si/c1-3-10-7(9)8-5-4-6-11-2/h3-6,11H2,1-2H3,(H,8,9). The van der Waals surface area contributed by atoms with Crippen molar-refractivity contribution in [1.29, 1.82) is 0 Å². The van der Waals surface area contributed by atoms with Gasteiger partial charge in [-0.05, 0) is 13.3 Å². The summed E-state index contributed by atoms with van der Waals surface area (Å²) in [5.41, 5.74) is 0. The van der Waals surface area contributed by atoms with E-state index in [1.807, 2.05) is 0 Å². The first-order valence-electron chi connectivity index (χ1n) is 4.21. The lowest BCUT2D eigenvalue weighted by atomic mass is 10.5. The van der Waals surface area contributed by atoms with Gasteiger partial charge in [-0.1, -0.05) is 12.6 Å². The van der Waals surface area contributed by atoms with E-state index in [1.54, 1.807) is 6.92 Å². The van der Waals surface area contributed by atoms with Crippen molar-refractivity contribution in [3.05, 3.63) is 0 Å². The molecule has 0 atom stereocenters. The molecule has 0 aromatic rings. The molecule has 0 aliphatic heterocycles. The summed E-state index contributed by atoms with van der Waals surface area (Å²) in [7, 11) is 0.165. The lowest BCUT2D eigenvalue weighted by Crippen LogP contribution is -2.25. The van der Waals surface area contributed by atoms with Gasteiger partial charge < -0.3 is 10.1 Å². The Morgan fingerprint density at radius 2 is 2.36 bits per heavy atom. The van der Waals surface area contributed by atoms with Gasteiger partial charge in [0.25, 0.3) is 0 Å². The first-order valence-corrected chi connectivity index (χ1v) is 6.63. The summed E-state index contributed by atoms with van der Waals surface area (Å²) in [6, 6.07) is 1.30. The van der Waals surface area contributed by atoms with Crippen molar-refractivity contribution in [1.82, 2.24) is 5.32 Å². The number of amides is 1. The predicted octanol–water partition coefficient (Wildman–Crippen LogP) is 0.758. The summed E-state index contributed by atoms with van der Waals surface area (Å²) in [5.74, 6) is 0. The third-order valence-corrected chi connectivity index (χ3v) is 2.53. The van der Waals surface area contributed by atoms with Crippen molar-refractivity contribution in [3.8, 4) is 0 Å². The fraction of sp³-hybridized carbons (Fsp3) is 0.857. The SMILES string of the molecule is CCOC(=O)NCCC[SiH2]C. The highest BCUT2D eigenvalue weighted by Gasteiger charge is 1.96. The molecule has 0 fully saturated rings. The fourth-order valence-corrected chi connectivity index (χ4v) is 1.50. The molecule has 0 heterocycles. The zero-order valence-electron chi connectivity index (χ0n) is 7.35. The second-order valence-corrected chi connectivity index (χ2v) is 4.06. The topological polar surface area (TPSA) is 38.3 Å². The van der Waals surface area contributed by atoms with Gasteiger partial charge in [-0.25, -0.2) is 4.79 Å². The molecule has 3 nitrogen and oxygen atoms in total. The first-order chi connectivity index (χ1) is 5.31. The Morgan fingerprint density at radius 3 is 2.91 bits per heavy atom. The van der Waals surface area contributed by atoms with Crippen LogP contribution < -0.4 is 5.32 Å². The monoisotopic (exact) mass is 175 g/mol. The van der Waals surface area contributed by atoms with E-state index in [2.05, 4.69) is 16.6 Å². The second-order valence-electron chi connectivity index (χ2n) is 2.35. The van der Waals surface area contributed by atoms with E-state index in [1.165, 1.54) is 6.04 Å². The van der Waals surface area contributed by atoms with Gasteiger partial charge >= 0.3 is 6.09 Å². The van der Waals surface area contributed by atoms with Gasteiger partial charge in [0.15, 0.2) is 0 Å². The molecule has 0 aromatic heterocycles. The van der Waals surface area contributed by atoms with E-state index in [-0.39, 0.29) is 15.6 Å². The van der Waals surface area contributed by atoms with Gasteiger partial charge in [-0.3, -0.25) is 0 Å². The first kappa shape index (κ1) is 10.5. The molecule has 0 bridgehead atoms. The Morgan fingerprint density at radius 1 is 1.64 bits per heavy atom. The molecule has 0 rings (SSSR count). The molecular weight excluding hydrogens is 158 g/mol. The molecule has 0 aliphatic carbocycles. The van der Waals surface area contributed by atoms with Crippen LogP contribution in [0.4, 0.5) is 4.79 Å². The van der Waals surface area contributed by atoms with Crippen molar-refractivity contribution < 1.29 is 9.53 Å². The minimum absolute atomic E-state index is 0.165. The van der Waals surface area contributed by atoms with E-state index in [0.29, 0.717) is 6.61 Å². The molecule has 4 heteroatoms. The molecule has 0 unspecified atom stereocenters. The van der Waals surface area contributed by atoms with Crippen molar-refractivity contribution in [2.75, 3.05) is 13.2 Å². The summed E-state index contributed by atoms with van der Waals surface area (Å²) in [4.78, 5) is 10.7. The summed E-state index contributed by atoms with van der Waals surface area (Å²) in [6.45, 7) is 5.29. The third-order valence-electron chi connectivity index (χ3n) is 1.33. The second kappa shape index (κ2) is 7.59. The Labute approximate surface area is 70.3 Å². The number of hydrogen-bond acceptors (Lipinski definition) is 2. The highest BCUT2D eigenvalue weighted by Crippen LogP contribution is 1.85. The molecule has 11 heavy (non-hydrogen) atoms. The molecule has 1 N–H and O–H groups in total. The molecule has 0 radical (unpaired) electrons.